The van der Waals surface area contributed by atoms with E-state index in [1.165, 1.54) is 21.5 Å². The molecule has 0 saturated carbocycles. The molecule has 2 aromatic heterocycles. The van der Waals surface area contributed by atoms with Crippen molar-refractivity contribution in [3.63, 3.8) is 0 Å². The van der Waals surface area contributed by atoms with E-state index < -0.39 is 82.7 Å². The Morgan fingerprint density at radius 1 is 0.792 bits per heavy atom. The number of aryl methyl sites for hydroxylation is 2. The SMILES string of the molecule is Cc1cn([C@H]2C[C@H](OO[Si](C)(C)C(C)(C)C)[C@@H](COP(O)(=S)O[C@H]3C[C@H](n4cc(C)c(=O)[nH]c4=O)O[C@@H]3COO[Si](C)(C)C(C)(C)C)O2)c(=O)[nH]c1=O. The Kier molecular flexibility index (Phi) is 13.5. The molecule has 53 heavy (non-hydrogen) atoms. The van der Waals surface area contributed by atoms with Gasteiger partial charge in [0, 0.05) is 36.4 Å². The zero-order valence-corrected chi connectivity index (χ0v) is 36.3. The molecule has 0 amide bonds. The van der Waals surface area contributed by atoms with Crippen molar-refractivity contribution in [3.8, 4) is 0 Å². The summed E-state index contributed by atoms with van der Waals surface area (Å²) in [5.74, 6) is 0. The van der Waals surface area contributed by atoms with Crippen LogP contribution in [0.3, 0.4) is 0 Å². The Morgan fingerprint density at radius 3 is 1.70 bits per heavy atom. The minimum absolute atomic E-state index is 0.0460. The van der Waals surface area contributed by atoms with E-state index >= 15 is 0 Å². The third-order valence-corrected chi connectivity index (χ3v) is 20.3. The molecule has 2 aliphatic rings. The maximum absolute atomic E-state index is 12.7. The minimum atomic E-state index is -4.05. The topological polar surface area (TPSA) is 204 Å². The van der Waals surface area contributed by atoms with E-state index in [2.05, 4.69) is 51.5 Å². The van der Waals surface area contributed by atoms with Crippen molar-refractivity contribution >= 4 is 35.2 Å². The third-order valence-electron chi connectivity index (χ3n) is 10.4. The van der Waals surface area contributed by atoms with E-state index in [9.17, 15) is 24.1 Å². The summed E-state index contributed by atoms with van der Waals surface area (Å²) >= 11 is 5.46. The Morgan fingerprint density at radius 2 is 1.23 bits per heavy atom. The Hall–Kier alpha value is -1.92. The van der Waals surface area contributed by atoms with Crippen molar-refractivity contribution in [1.29, 1.82) is 0 Å². The molecule has 2 aromatic rings. The number of nitrogens with one attached hydrogen (secondary N) is 2. The summed E-state index contributed by atoms with van der Waals surface area (Å²) in [7, 11) is -4.73. The van der Waals surface area contributed by atoms with Gasteiger partial charge in [0.25, 0.3) is 11.1 Å². The Bertz CT molecular complexity index is 1900. The predicted octanol–water partition coefficient (Wildman–Crippen LogP) is 4.17. The van der Waals surface area contributed by atoms with Crippen LogP contribution in [0.15, 0.2) is 31.6 Å². The van der Waals surface area contributed by atoms with Crippen LogP contribution in [0, 0.1) is 13.8 Å². The summed E-state index contributed by atoms with van der Waals surface area (Å²) in [6.45, 7) is 19.1. The van der Waals surface area contributed by atoms with Crippen LogP contribution in [0.2, 0.25) is 36.3 Å². The lowest BCUT2D eigenvalue weighted by molar-refractivity contribution is -0.268. The molecule has 0 radical (unpaired) electrons. The maximum atomic E-state index is 12.7. The highest BCUT2D eigenvalue weighted by molar-refractivity contribution is 8.07. The van der Waals surface area contributed by atoms with E-state index in [1.54, 1.807) is 13.8 Å². The van der Waals surface area contributed by atoms with Gasteiger partial charge >= 0.3 is 18.1 Å². The van der Waals surface area contributed by atoms with Crippen LogP contribution in [0.1, 0.15) is 78.0 Å². The van der Waals surface area contributed by atoms with Crippen molar-refractivity contribution in [2.45, 2.75) is 141 Å². The van der Waals surface area contributed by atoms with E-state index in [-0.39, 0.29) is 36.1 Å². The quantitative estimate of drug-likeness (QED) is 0.106. The lowest BCUT2D eigenvalue weighted by atomic mass is 10.2. The minimum Gasteiger partial charge on any atom is -0.349 e. The molecule has 0 aliphatic carbocycles. The van der Waals surface area contributed by atoms with Gasteiger partial charge in [-0.3, -0.25) is 37.8 Å². The highest BCUT2D eigenvalue weighted by atomic mass is 32.5. The molecule has 2 saturated heterocycles. The molecule has 21 heteroatoms. The van der Waals surface area contributed by atoms with Crippen LogP contribution in [-0.2, 0) is 49.3 Å². The fourth-order valence-corrected chi connectivity index (χ4v) is 7.61. The second kappa shape index (κ2) is 16.3. The summed E-state index contributed by atoms with van der Waals surface area (Å²) in [5, 5.41) is -0.326. The Labute approximate surface area is 315 Å². The standard InChI is InChI=1S/C32H55N4O13PSSi2/c1-19-15-35(29(39)33-27(19)37)25-13-21(46-49-53(11,12)32(6,7)8)24(45-25)18-43-50(41,51)47-22-14-26(36-16-20(2)28(38)34-30(36)40)44-23(22)17-42-48-52(9,10)31(3,4)5/h15-16,21-26H,13-14,17-18H2,1-12H3,(H,41,51)(H,33,37,39)(H,34,38,40)/t21-,22-,23+,24+,25+,26+,50?/m0/s1. The van der Waals surface area contributed by atoms with Crippen molar-refractivity contribution in [2.24, 2.45) is 0 Å². The van der Waals surface area contributed by atoms with Crippen LogP contribution in [-0.4, -0.2) is 78.3 Å². The molecule has 0 aromatic carbocycles. The Balaban J connectivity index is 1.53. The number of hydrogen-bond donors (Lipinski definition) is 3. The molecular formula is C32H55N4O13PSSi2. The fraction of sp³-hybridized carbons (Fsp3) is 0.750. The fourth-order valence-electron chi connectivity index (χ4n) is 4.90. The number of rotatable bonds is 14. The van der Waals surface area contributed by atoms with Crippen molar-refractivity contribution in [1.82, 2.24) is 19.1 Å². The zero-order valence-electron chi connectivity index (χ0n) is 32.5. The van der Waals surface area contributed by atoms with Gasteiger partial charge in [-0.2, -0.15) is 0 Å². The van der Waals surface area contributed by atoms with Gasteiger partial charge in [-0.15, -0.1) is 0 Å². The second-order valence-corrected chi connectivity index (χ2v) is 28.9. The first-order valence-electron chi connectivity index (χ1n) is 17.5. The number of H-pyrrole nitrogens is 2. The van der Waals surface area contributed by atoms with E-state index in [1.807, 2.05) is 26.2 Å². The number of ether oxygens (including phenoxy) is 2. The average Bonchev–Trinajstić information content (AvgIpc) is 3.61. The highest BCUT2D eigenvalue weighted by Gasteiger charge is 2.46. The number of hydrogen-bond acceptors (Lipinski definition) is 13. The summed E-state index contributed by atoms with van der Waals surface area (Å²) < 4.78 is 38.7. The van der Waals surface area contributed by atoms with Crippen molar-refractivity contribution in [2.75, 3.05) is 13.2 Å². The molecule has 4 rings (SSSR count). The van der Waals surface area contributed by atoms with Gasteiger partial charge in [-0.25, -0.2) is 19.4 Å². The molecule has 4 heterocycles. The monoisotopic (exact) mass is 822 g/mol. The zero-order chi connectivity index (χ0) is 39.9. The summed E-state index contributed by atoms with van der Waals surface area (Å²) in [5.41, 5.74) is -1.76. The van der Waals surface area contributed by atoms with Crippen LogP contribution in [0.4, 0.5) is 0 Å². The van der Waals surface area contributed by atoms with Crippen LogP contribution in [0.5, 0.6) is 0 Å². The van der Waals surface area contributed by atoms with E-state index in [0.29, 0.717) is 11.1 Å². The van der Waals surface area contributed by atoms with Gasteiger partial charge in [0.2, 0.25) is 16.6 Å². The maximum Gasteiger partial charge on any atom is 0.330 e. The van der Waals surface area contributed by atoms with Crippen molar-refractivity contribution < 1.29 is 42.3 Å². The molecule has 2 aliphatic heterocycles. The number of aromatic amines is 2. The summed E-state index contributed by atoms with van der Waals surface area (Å²) in [6.07, 6.45) is -2.19. The van der Waals surface area contributed by atoms with Gasteiger partial charge in [-0.1, -0.05) is 41.5 Å². The first-order valence-corrected chi connectivity index (χ1v) is 25.9. The number of nitrogens with zero attached hydrogens (tertiary/aromatic N) is 2. The first-order chi connectivity index (χ1) is 24.2. The molecular weight excluding hydrogens is 768 g/mol. The molecule has 1 unspecified atom stereocenters. The normalized spacial score (nSPS) is 25.5. The molecule has 0 spiro atoms. The predicted molar refractivity (Wildman–Crippen MR) is 204 cm³/mol. The molecule has 3 N–H and O–H groups in total. The second-order valence-electron chi connectivity index (χ2n) is 16.7. The number of aromatic nitrogens is 4. The van der Waals surface area contributed by atoms with Crippen LogP contribution < -0.4 is 22.5 Å². The van der Waals surface area contributed by atoms with E-state index in [4.69, 9.17) is 49.3 Å². The van der Waals surface area contributed by atoms with Gasteiger partial charge in [-0.05, 0) is 61.9 Å². The lowest BCUT2D eigenvalue weighted by Crippen LogP contribution is -2.43. The first kappa shape index (κ1) is 43.8. The van der Waals surface area contributed by atoms with Gasteiger partial charge in [0.1, 0.15) is 43.5 Å². The largest absolute Gasteiger partial charge is 0.349 e. The van der Waals surface area contributed by atoms with Gasteiger partial charge in [0.05, 0.1) is 6.61 Å². The van der Waals surface area contributed by atoms with Crippen LogP contribution in [0.25, 0.3) is 0 Å². The third kappa shape index (κ3) is 10.7. The molecule has 17 nitrogen and oxygen atoms in total. The molecule has 0 bridgehead atoms. The molecule has 7 atom stereocenters. The van der Waals surface area contributed by atoms with Gasteiger partial charge < -0.3 is 23.4 Å². The van der Waals surface area contributed by atoms with Gasteiger partial charge in [0.15, 0.2) is 0 Å². The smallest absolute Gasteiger partial charge is 0.330 e. The molecule has 300 valence electrons. The summed E-state index contributed by atoms with van der Waals surface area (Å²) in [4.78, 5) is 77.2. The lowest BCUT2D eigenvalue weighted by Gasteiger charge is -2.35. The summed E-state index contributed by atoms with van der Waals surface area (Å²) in [6, 6.07) is 0. The average molecular weight is 823 g/mol. The molecule has 2 fully saturated rings. The van der Waals surface area contributed by atoms with E-state index in [0.717, 1.165) is 0 Å². The highest BCUT2D eigenvalue weighted by Crippen LogP contribution is 2.50. The van der Waals surface area contributed by atoms with Crippen LogP contribution >= 0.6 is 6.72 Å². The van der Waals surface area contributed by atoms with Crippen molar-refractivity contribution in [3.05, 3.63) is 65.2 Å².